The van der Waals surface area contributed by atoms with Gasteiger partial charge in [0.15, 0.2) is 5.82 Å². The maximum atomic E-state index is 5.78. The lowest BCUT2D eigenvalue weighted by Crippen LogP contribution is -2.14. The van der Waals surface area contributed by atoms with Crippen molar-refractivity contribution in [1.82, 2.24) is 15.2 Å². The molecule has 0 aromatic carbocycles. The SMILES string of the molecule is CCCc1nc(C2C=CC(N)C2)n[nH]1. The van der Waals surface area contributed by atoms with Crippen molar-refractivity contribution in [3.63, 3.8) is 0 Å². The molecule has 2 atom stereocenters. The number of nitrogens with two attached hydrogens (primary N) is 1. The van der Waals surface area contributed by atoms with Crippen LogP contribution in [0.15, 0.2) is 12.2 Å². The second-order valence-electron chi connectivity index (χ2n) is 3.78. The topological polar surface area (TPSA) is 67.6 Å². The van der Waals surface area contributed by atoms with Crippen LogP contribution < -0.4 is 5.73 Å². The quantitative estimate of drug-likeness (QED) is 0.705. The van der Waals surface area contributed by atoms with Crippen LogP contribution in [0, 0.1) is 0 Å². The first-order valence-corrected chi connectivity index (χ1v) is 5.14. The lowest BCUT2D eigenvalue weighted by atomic mass is 10.1. The van der Waals surface area contributed by atoms with Crippen molar-refractivity contribution in [1.29, 1.82) is 0 Å². The Morgan fingerprint density at radius 2 is 2.43 bits per heavy atom. The summed E-state index contributed by atoms with van der Waals surface area (Å²) in [6, 6.07) is 0.174. The number of allylic oxidation sites excluding steroid dienone is 1. The van der Waals surface area contributed by atoms with Crippen molar-refractivity contribution < 1.29 is 0 Å². The Morgan fingerprint density at radius 3 is 3.07 bits per heavy atom. The molecule has 0 radical (unpaired) electrons. The van der Waals surface area contributed by atoms with Crippen LogP contribution in [0.2, 0.25) is 0 Å². The molecule has 76 valence electrons. The van der Waals surface area contributed by atoms with Crippen LogP contribution in [-0.4, -0.2) is 21.2 Å². The average molecular weight is 192 g/mol. The first-order valence-electron chi connectivity index (χ1n) is 5.14. The zero-order valence-corrected chi connectivity index (χ0v) is 8.40. The molecule has 1 heterocycles. The summed E-state index contributed by atoms with van der Waals surface area (Å²) >= 11 is 0. The number of aromatic nitrogens is 3. The number of H-pyrrole nitrogens is 1. The number of hydrogen-bond acceptors (Lipinski definition) is 3. The van der Waals surface area contributed by atoms with Crippen LogP contribution in [0.3, 0.4) is 0 Å². The second-order valence-corrected chi connectivity index (χ2v) is 3.78. The third-order valence-corrected chi connectivity index (χ3v) is 2.48. The van der Waals surface area contributed by atoms with Gasteiger partial charge in [-0.2, -0.15) is 5.10 Å². The Morgan fingerprint density at radius 1 is 1.57 bits per heavy atom. The predicted octanol–water partition coefficient (Wildman–Crippen LogP) is 1.13. The molecule has 2 unspecified atom stereocenters. The van der Waals surface area contributed by atoms with E-state index in [9.17, 15) is 0 Å². The fourth-order valence-corrected chi connectivity index (χ4v) is 1.74. The molecule has 0 aliphatic heterocycles. The molecular weight excluding hydrogens is 176 g/mol. The molecule has 0 bridgehead atoms. The van der Waals surface area contributed by atoms with Crippen LogP contribution in [0.4, 0.5) is 0 Å². The van der Waals surface area contributed by atoms with E-state index in [4.69, 9.17) is 5.73 Å². The summed E-state index contributed by atoms with van der Waals surface area (Å²) in [6.07, 6.45) is 7.12. The zero-order valence-electron chi connectivity index (χ0n) is 8.40. The van der Waals surface area contributed by atoms with E-state index in [0.717, 1.165) is 30.9 Å². The molecule has 1 aromatic rings. The highest BCUT2D eigenvalue weighted by molar-refractivity contribution is 5.16. The van der Waals surface area contributed by atoms with E-state index >= 15 is 0 Å². The fraction of sp³-hybridized carbons (Fsp3) is 0.600. The van der Waals surface area contributed by atoms with Gasteiger partial charge in [-0.15, -0.1) is 0 Å². The lowest BCUT2D eigenvalue weighted by Gasteiger charge is -2.02. The summed E-state index contributed by atoms with van der Waals surface area (Å²) in [5.74, 6) is 2.18. The predicted molar refractivity (Wildman–Crippen MR) is 54.9 cm³/mol. The van der Waals surface area contributed by atoms with Gasteiger partial charge in [-0.25, -0.2) is 4.98 Å². The Balaban J connectivity index is 2.06. The third kappa shape index (κ3) is 1.85. The summed E-state index contributed by atoms with van der Waals surface area (Å²) in [5, 5.41) is 7.17. The average Bonchev–Trinajstić information content (AvgIpc) is 2.74. The summed E-state index contributed by atoms with van der Waals surface area (Å²) in [5.41, 5.74) is 5.78. The lowest BCUT2D eigenvalue weighted by molar-refractivity contribution is 0.679. The largest absolute Gasteiger partial charge is 0.324 e. The highest BCUT2D eigenvalue weighted by Crippen LogP contribution is 2.24. The van der Waals surface area contributed by atoms with Gasteiger partial charge in [0.25, 0.3) is 0 Å². The van der Waals surface area contributed by atoms with Crippen LogP contribution in [0.25, 0.3) is 0 Å². The Kier molecular flexibility index (Phi) is 2.63. The number of nitrogens with one attached hydrogen (secondary N) is 1. The van der Waals surface area contributed by atoms with Crippen LogP contribution >= 0.6 is 0 Å². The molecule has 0 saturated carbocycles. The van der Waals surface area contributed by atoms with Crippen LogP contribution in [0.5, 0.6) is 0 Å². The summed E-state index contributed by atoms with van der Waals surface area (Å²) < 4.78 is 0. The molecule has 1 aromatic heterocycles. The van der Waals surface area contributed by atoms with Crippen molar-refractivity contribution in [3.05, 3.63) is 23.8 Å². The number of hydrogen-bond donors (Lipinski definition) is 2. The first kappa shape index (κ1) is 9.40. The normalized spacial score (nSPS) is 25.9. The molecule has 14 heavy (non-hydrogen) atoms. The molecule has 0 fully saturated rings. The summed E-state index contributed by atoms with van der Waals surface area (Å²) in [4.78, 5) is 4.44. The molecule has 4 nitrogen and oxygen atoms in total. The van der Waals surface area contributed by atoms with Gasteiger partial charge in [0, 0.05) is 18.4 Å². The van der Waals surface area contributed by atoms with Gasteiger partial charge >= 0.3 is 0 Å². The molecule has 4 heteroatoms. The van der Waals surface area contributed by atoms with Gasteiger partial charge in [-0.3, -0.25) is 5.10 Å². The minimum atomic E-state index is 0.174. The molecule has 3 N–H and O–H groups in total. The smallest absolute Gasteiger partial charge is 0.157 e. The molecule has 2 rings (SSSR count). The zero-order chi connectivity index (χ0) is 9.97. The van der Waals surface area contributed by atoms with Gasteiger partial charge in [-0.05, 0) is 12.8 Å². The van der Waals surface area contributed by atoms with Crippen LogP contribution in [-0.2, 0) is 6.42 Å². The van der Waals surface area contributed by atoms with Crippen molar-refractivity contribution >= 4 is 0 Å². The van der Waals surface area contributed by atoms with Crippen molar-refractivity contribution in [3.8, 4) is 0 Å². The van der Waals surface area contributed by atoms with E-state index < -0.39 is 0 Å². The Labute approximate surface area is 83.6 Å². The van der Waals surface area contributed by atoms with Gasteiger partial charge in [0.2, 0.25) is 0 Å². The van der Waals surface area contributed by atoms with Crippen molar-refractivity contribution in [2.75, 3.05) is 0 Å². The highest BCUT2D eigenvalue weighted by atomic mass is 15.2. The second kappa shape index (κ2) is 3.92. The van der Waals surface area contributed by atoms with Gasteiger partial charge in [0.05, 0.1) is 0 Å². The summed E-state index contributed by atoms with van der Waals surface area (Å²) in [6.45, 7) is 2.13. The van der Waals surface area contributed by atoms with E-state index in [1.165, 1.54) is 0 Å². The summed E-state index contributed by atoms with van der Waals surface area (Å²) in [7, 11) is 0. The minimum Gasteiger partial charge on any atom is -0.324 e. The number of aryl methyl sites for hydroxylation is 1. The van der Waals surface area contributed by atoms with Crippen molar-refractivity contribution in [2.45, 2.75) is 38.1 Å². The fourth-order valence-electron chi connectivity index (χ4n) is 1.74. The maximum Gasteiger partial charge on any atom is 0.157 e. The molecule has 0 spiro atoms. The third-order valence-electron chi connectivity index (χ3n) is 2.48. The van der Waals surface area contributed by atoms with E-state index in [1.807, 2.05) is 6.08 Å². The van der Waals surface area contributed by atoms with E-state index in [0.29, 0.717) is 5.92 Å². The first-order chi connectivity index (χ1) is 6.79. The molecule has 1 aliphatic carbocycles. The van der Waals surface area contributed by atoms with Crippen LogP contribution in [0.1, 0.15) is 37.3 Å². The molecule has 0 saturated heterocycles. The molecular formula is C10H16N4. The van der Waals surface area contributed by atoms with Gasteiger partial charge in [0.1, 0.15) is 5.82 Å². The Bertz CT molecular complexity index is 329. The maximum absolute atomic E-state index is 5.78. The minimum absolute atomic E-state index is 0.174. The van der Waals surface area contributed by atoms with E-state index in [1.54, 1.807) is 0 Å². The highest BCUT2D eigenvalue weighted by Gasteiger charge is 2.20. The van der Waals surface area contributed by atoms with Gasteiger partial charge in [-0.1, -0.05) is 19.1 Å². The molecule has 0 amide bonds. The number of aromatic amines is 1. The molecule has 1 aliphatic rings. The van der Waals surface area contributed by atoms with Crippen molar-refractivity contribution in [2.24, 2.45) is 5.73 Å². The standard InChI is InChI=1S/C10H16N4/c1-2-3-9-12-10(14-13-9)7-4-5-8(11)6-7/h4-5,7-8H,2-3,6,11H2,1H3,(H,12,13,14). The van der Waals surface area contributed by atoms with Gasteiger partial charge < -0.3 is 5.73 Å². The van der Waals surface area contributed by atoms with E-state index in [2.05, 4.69) is 28.2 Å². The van der Waals surface area contributed by atoms with E-state index in [-0.39, 0.29) is 6.04 Å². The Hall–Kier alpha value is -1.16. The number of nitrogens with zero attached hydrogens (tertiary/aromatic N) is 2. The number of rotatable bonds is 3. The monoisotopic (exact) mass is 192 g/mol.